The van der Waals surface area contributed by atoms with E-state index in [0.29, 0.717) is 6.61 Å². The van der Waals surface area contributed by atoms with Gasteiger partial charge in [0.15, 0.2) is 0 Å². The summed E-state index contributed by atoms with van der Waals surface area (Å²) in [5.74, 6) is 1.59. The summed E-state index contributed by atoms with van der Waals surface area (Å²) in [4.78, 5) is 8.39. The van der Waals surface area contributed by atoms with Crippen LogP contribution in [0.15, 0.2) is 10.8 Å². The van der Waals surface area contributed by atoms with Gasteiger partial charge in [-0.15, -0.1) is 0 Å². The molecule has 0 aromatic carbocycles. The highest BCUT2D eigenvalue weighted by molar-refractivity contribution is 9.10. The summed E-state index contributed by atoms with van der Waals surface area (Å²) in [7, 11) is 1.68. The molecule has 0 aliphatic rings. The minimum atomic E-state index is 0.199. The van der Waals surface area contributed by atoms with Gasteiger partial charge in [0.1, 0.15) is 22.4 Å². The number of hydrogen-bond donors (Lipinski definition) is 2. The molecule has 1 atom stereocenters. The molecule has 17 heavy (non-hydrogen) atoms. The van der Waals surface area contributed by atoms with E-state index in [1.807, 2.05) is 6.92 Å². The van der Waals surface area contributed by atoms with Gasteiger partial charge in [-0.05, 0) is 29.3 Å². The Kier molecular flexibility index (Phi) is 6.21. The van der Waals surface area contributed by atoms with E-state index < -0.39 is 0 Å². The average molecular weight is 303 g/mol. The van der Waals surface area contributed by atoms with Crippen molar-refractivity contribution in [3.8, 4) is 0 Å². The average Bonchev–Trinajstić information content (AvgIpc) is 2.30. The second kappa shape index (κ2) is 7.45. The van der Waals surface area contributed by atoms with Crippen molar-refractivity contribution in [2.45, 2.75) is 26.3 Å². The maximum Gasteiger partial charge on any atom is 0.146 e. The zero-order chi connectivity index (χ0) is 12.7. The van der Waals surface area contributed by atoms with Crippen molar-refractivity contribution in [2.24, 2.45) is 0 Å². The molecule has 0 aliphatic heterocycles. The first-order valence-corrected chi connectivity index (χ1v) is 6.48. The van der Waals surface area contributed by atoms with E-state index in [2.05, 4.69) is 43.5 Å². The van der Waals surface area contributed by atoms with Crippen molar-refractivity contribution in [1.29, 1.82) is 0 Å². The van der Waals surface area contributed by atoms with E-state index in [1.165, 1.54) is 0 Å². The minimum absolute atomic E-state index is 0.199. The van der Waals surface area contributed by atoms with Gasteiger partial charge in [0.2, 0.25) is 0 Å². The highest BCUT2D eigenvalue weighted by Gasteiger charge is 2.10. The number of hydrogen-bond acceptors (Lipinski definition) is 5. The van der Waals surface area contributed by atoms with Crippen LogP contribution in [-0.4, -0.2) is 36.3 Å². The van der Waals surface area contributed by atoms with Crippen molar-refractivity contribution >= 4 is 27.6 Å². The molecule has 0 aliphatic carbocycles. The lowest BCUT2D eigenvalue weighted by atomic mass is 10.3. The Morgan fingerprint density at radius 2 is 2.12 bits per heavy atom. The summed E-state index contributed by atoms with van der Waals surface area (Å²) in [5.41, 5.74) is 0. The molecule has 0 saturated carbocycles. The molecular formula is C11H19BrN4O. The predicted molar refractivity (Wildman–Crippen MR) is 73.5 cm³/mol. The molecule has 0 saturated heterocycles. The number of nitrogens with one attached hydrogen (secondary N) is 2. The smallest absolute Gasteiger partial charge is 0.146 e. The normalized spacial score (nSPS) is 12.2. The molecule has 0 spiro atoms. The van der Waals surface area contributed by atoms with Crippen molar-refractivity contribution in [3.63, 3.8) is 0 Å². The van der Waals surface area contributed by atoms with Crippen molar-refractivity contribution in [1.82, 2.24) is 9.97 Å². The quantitative estimate of drug-likeness (QED) is 0.810. The van der Waals surface area contributed by atoms with Gasteiger partial charge in [-0.1, -0.05) is 6.92 Å². The van der Waals surface area contributed by atoms with E-state index in [9.17, 15) is 0 Å². The fourth-order valence-electron chi connectivity index (χ4n) is 1.36. The highest BCUT2D eigenvalue weighted by Crippen LogP contribution is 2.26. The van der Waals surface area contributed by atoms with Crippen molar-refractivity contribution in [2.75, 3.05) is 30.9 Å². The van der Waals surface area contributed by atoms with Gasteiger partial charge < -0.3 is 15.4 Å². The molecule has 5 nitrogen and oxygen atoms in total. The van der Waals surface area contributed by atoms with Gasteiger partial charge in [-0.3, -0.25) is 0 Å². The number of rotatable bonds is 7. The third kappa shape index (κ3) is 4.47. The zero-order valence-corrected chi connectivity index (χ0v) is 12.0. The molecule has 96 valence electrons. The summed E-state index contributed by atoms with van der Waals surface area (Å²) >= 11 is 3.50. The Labute approximate surface area is 111 Å². The summed E-state index contributed by atoms with van der Waals surface area (Å²) in [6.07, 6.45) is 2.60. The molecule has 2 N–H and O–H groups in total. The van der Waals surface area contributed by atoms with Gasteiger partial charge in [0.05, 0.1) is 6.61 Å². The molecule has 0 radical (unpaired) electrons. The molecule has 6 heteroatoms. The van der Waals surface area contributed by atoms with Crippen LogP contribution in [0.4, 0.5) is 11.6 Å². The first kappa shape index (κ1) is 14.2. The highest BCUT2D eigenvalue weighted by atomic mass is 79.9. The lowest BCUT2D eigenvalue weighted by molar-refractivity contribution is 0.190. The lowest BCUT2D eigenvalue weighted by Gasteiger charge is -2.15. The van der Waals surface area contributed by atoms with Crippen LogP contribution in [0.25, 0.3) is 0 Å². The second-order valence-corrected chi connectivity index (χ2v) is 4.61. The number of halogens is 1. The topological polar surface area (TPSA) is 59.1 Å². The van der Waals surface area contributed by atoms with Crippen LogP contribution in [0.1, 0.15) is 20.3 Å². The van der Waals surface area contributed by atoms with E-state index in [4.69, 9.17) is 4.74 Å². The van der Waals surface area contributed by atoms with E-state index in [0.717, 1.165) is 29.1 Å². The van der Waals surface area contributed by atoms with Crippen molar-refractivity contribution < 1.29 is 4.74 Å². The Balaban J connectivity index is 2.72. The van der Waals surface area contributed by atoms with Gasteiger partial charge in [-0.2, -0.15) is 0 Å². The second-order valence-electron chi connectivity index (χ2n) is 3.81. The minimum Gasteiger partial charge on any atom is -0.383 e. The monoisotopic (exact) mass is 302 g/mol. The fourth-order valence-corrected chi connectivity index (χ4v) is 1.82. The maximum atomic E-state index is 5.07. The molecule has 1 unspecified atom stereocenters. The molecule has 1 aromatic heterocycles. The standard InChI is InChI=1S/C11H19BrN4O/c1-4-5-13-10-9(12)11(15-7-14-10)16-8(2)6-17-3/h7-8H,4-6H2,1-3H3,(H2,13,14,15,16). The van der Waals surface area contributed by atoms with E-state index in [1.54, 1.807) is 13.4 Å². The van der Waals surface area contributed by atoms with Gasteiger partial charge in [-0.25, -0.2) is 9.97 Å². The van der Waals surface area contributed by atoms with Gasteiger partial charge in [0, 0.05) is 19.7 Å². The van der Waals surface area contributed by atoms with Crippen LogP contribution in [0.2, 0.25) is 0 Å². The number of aromatic nitrogens is 2. The van der Waals surface area contributed by atoms with Crippen LogP contribution in [0.3, 0.4) is 0 Å². The Morgan fingerprint density at radius 1 is 1.41 bits per heavy atom. The van der Waals surface area contributed by atoms with Crippen LogP contribution >= 0.6 is 15.9 Å². The van der Waals surface area contributed by atoms with E-state index >= 15 is 0 Å². The lowest BCUT2D eigenvalue weighted by Crippen LogP contribution is -2.22. The third-order valence-electron chi connectivity index (χ3n) is 2.13. The zero-order valence-electron chi connectivity index (χ0n) is 10.5. The number of anilines is 2. The van der Waals surface area contributed by atoms with Crippen LogP contribution in [0.5, 0.6) is 0 Å². The summed E-state index contributed by atoms with van der Waals surface area (Å²) in [5, 5.41) is 6.50. The van der Waals surface area contributed by atoms with Crippen molar-refractivity contribution in [3.05, 3.63) is 10.8 Å². The Bertz CT molecular complexity index is 348. The van der Waals surface area contributed by atoms with Crippen LogP contribution in [0, 0.1) is 0 Å². The molecule has 0 bridgehead atoms. The fraction of sp³-hybridized carbons (Fsp3) is 0.636. The van der Waals surface area contributed by atoms with E-state index in [-0.39, 0.29) is 6.04 Å². The summed E-state index contributed by atoms with van der Waals surface area (Å²) in [6, 6.07) is 0.199. The summed E-state index contributed by atoms with van der Waals surface area (Å²) in [6.45, 7) is 5.68. The molecule has 0 fully saturated rings. The third-order valence-corrected chi connectivity index (χ3v) is 2.88. The van der Waals surface area contributed by atoms with Gasteiger partial charge in [0.25, 0.3) is 0 Å². The SMILES string of the molecule is CCCNc1ncnc(NC(C)COC)c1Br. The first-order chi connectivity index (χ1) is 8.19. The number of methoxy groups -OCH3 is 1. The van der Waals surface area contributed by atoms with Crippen LogP contribution in [-0.2, 0) is 4.74 Å². The predicted octanol–water partition coefficient (Wildman–Crippen LogP) is 2.51. The van der Waals surface area contributed by atoms with Crippen LogP contribution < -0.4 is 10.6 Å². The maximum absolute atomic E-state index is 5.07. The molecule has 1 rings (SSSR count). The Morgan fingerprint density at radius 3 is 2.76 bits per heavy atom. The molecule has 0 amide bonds. The summed E-state index contributed by atoms with van der Waals surface area (Å²) < 4.78 is 5.93. The number of ether oxygens (including phenoxy) is 1. The number of nitrogens with zero attached hydrogens (tertiary/aromatic N) is 2. The van der Waals surface area contributed by atoms with Gasteiger partial charge >= 0.3 is 0 Å². The molecule has 1 heterocycles. The molecule has 1 aromatic rings. The first-order valence-electron chi connectivity index (χ1n) is 5.68. The largest absolute Gasteiger partial charge is 0.383 e. The molecular weight excluding hydrogens is 284 g/mol. The Hall–Kier alpha value is -0.880.